The van der Waals surface area contributed by atoms with E-state index in [1.165, 1.54) is 37.9 Å². The molecule has 1 aromatic rings. The molecule has 3 N–H and O–H groups in total. The highest BCUT2D eigenvalue weighted by Crippen LogP contribution is 2.32. The number of rotatable bonds is 29. The van der Waals surface area contributed by atoms with Gasteiger partial charge in [0.2, 0.25) is 35.4 Å². The lowest BCUT2D eigenvalue weighted by atomic mass is 9.83. The number of carbonyl (C=O) groups is 8. The fraction of sp³-hybridized carbons (Fsp3) is 0.724. The highest BCUT2D eigenvalue weighted by atomic mass is 32.2. The molecule has 7 amide bonds. The summed E-state index contributed by atoms with van der Waals surface area (Å²) < 4.78 is 24.2. The molecule has 0 bridgehead atoms. The van der Waals surface area contributed by atoms with E-state index < -0.39 is 83.8 Å². The fourth-order valence-electron chi connectivity index (χ4n) is 11.3. The van der Waals surface area contributed by atoms with E-state index in [4.69, 9.17) is 18.9 Å². The Balaban J connectivity index is 1.42. The third kappa shape index (κ3) is 17.6. The Labute approximate surface area is 468 Å². The first-order valence-electron chi connectivity index (χ1n) is 28.1. The van der Waals surface area contributed by atoms with Crippen LogP contribution in [-0.4, -0.2) is 187 Å². The summed E-state index contributed by atoms with van der Waals surface area (Å²) >= 11 is 1.32. The molecule has 20 heteroatoms. The first-order chi connectivity index (χ1) is 37.0. The second kappa shape index (κ2) is 31.8. The fourth-order valence-corrected chi connectivity index (χ4v) is 11.9. The molecular weight excluding hydrogens is 1020 g/mol. The maximum atomic E-state index is 14.9. The lowest BCUT2D eigenvalue weighted by Gasteiger charge is -2.41. The summed E-state index contributed by atoms with van der Waals surface area (Å²) in [5.41, 5.74) is 0.681. The molecule has 2 aliphatic heterocycles. The zero-order chi connectivity index (χ0) is 58.0. The van der Waals surface area contributed by atoms with Crippen molar-refractivity contribution in [3.8, 4) is 0 Å². The van der Waals surface area contributed by atoms with Crippen molar-refractivity contribution in [2.75, 3.05) is 60.8 Å². The number of ketones is 1. The lowest BCUT2D eigenvalue weighted by Crippen LogP contribution is -2.55. The van der Waals surface area contributed by atoms with Crippen LogP contribution in [0.25, 0.3) is 0 Å². The second-order valence-electron chi connectivity index (χ2n) is 22.1. The number of Topliss-reactive ketones (excluding diaryl/α,β-unsaturated/α-hetero) is 1. The summed E-state index contributed by atoms with van der Waals surface area (Å²) in [6, 6.07) is 6.59. The highest BCUT2D eigenvalue weighted by Gasteiger charge is 2.44. The Morgan fingerprint density at radius 2 is 1.58 bits per heavy atom. The Morgan fingerprint density at radius 3 is 2.18 bits per heavy atom. The number of benzene rings is 1. The number of hydrogen-bond acceptors (Lipinski definition) is 14. The molecule has 2 fully saturated rings. The number of aliphatic hydroxyl groups is 1. The van der Waals surface area contributed by atoms with Crippen LogP contribution in [0.4, 0.5) is 4.79 Å². The molecule has 3 unspecified atom stereocenters. The third-order valence-corrected chi connectivity index (χ3v) is 17.0. The van der Waals surface area contributed by atoms with Gasteiger partial charge in [0.25, 0.3) is 0 Å². The Hall–Kier alpha value is -4.89. The van der Waals surface area contributed by atoms with E-state index in [9.17, 15) is 43.5 Å². The number of nitrogens with one attached hydrogen (secondary N) is 2. The molecule has 1 aliphatic carbocycles. The van der Waals surface area contributed by atoms with Gasteiger partial charge in [0.15, 0.2) is 5.78 Å². The van der Waals surface area contributed by atoms with E-state index in [-0.39, 0.29) is 92.0 Å². The summed E-state index contributed by atoms with van der Waals surface area (Å²) in [7, 11) is 6.26. The first-order valence-corrected chi connectivity index (χ1v) is 29.3. The zero-order valence-electron chi connectivity index (χ0n) is 48.6. The quantitative estimate of drug-likeness (QED) is 0.0621. The number of thioether (sulfide) groups is 1. The average molecular weight is 1110 g/mol. The minimum atomic E-state index is -0.961. The van der Waals surface area contributed by atoms with Crippen molar-refractivity contribution < 1.29 is 62.4 Å². The summed E-state index contributed by atoms with van der Waals surface area (Å²) in [4.78, 5) is 115. The van der Waals surface area contributed by atoms with Crippen molar-refractivity contribution in [2.45, 2.75) is 180 Å². The number of imide groups is 1. The molecule has 438 valence electrons. The van der Waals surface area contributed by atoms with Gasteiger partial charge in [0.05, 0.1) is 66.2 Å². The van der Waals surface area contributed by atoms with Crippen molar-refractivity contribution in [1.29, 1.82) is 0 Å². The van der Waals surface area contributed by atoms with Gasteiger partial charge in [-0.15, -0.1) is 0 Å². The maximum Gasteiger partial charge on any atom is 0.410 e. The molecule has 0 spiro atoms. The highest BCUT2D eigenvalue weighted by molar-refractivity contribution is 8.00. The Kier molecular flexibility index (Phi) is 26.7. The van der Waals surface area contributed by atoms with E-state index in [0.29, 0.717) is 37.8 Å². The molecular formula is C58H92N6O13S. The van der Waals surface area contributed by atoms with Crippen molar-refractivity contribution in [3.63, 3.8) is 0 Å². The molecule has 1 aromatic carbocycles. The van der Waals surface area contributed by atoms with Gasteiger partial charge in [-0.25, -0.2) is 4.79 Å². The van der Waals surface area contributed by atoms with E-state index in [1.54, 1.807) is 55.2 Å². The van der Waals surface area contributed by atoms with Gasteiger partial charge in [-0.05, 0) is 74.7 Å². The molecule has 13 atom stereocenters. The largest absolute Gasteiger partial charge is 0.439 e. The van der Waals surface area contributed by atoms with Crippen molar-refractivity contribution in [2.24, 2.45) is 29.6 Å². The van der Waals surface area contributed by atoms with Crippen LogP contribution < -0.4 is 10.6 Å². The van der Waals surface area contributed by atoms with Gasteiger partial charge in [-0.2, -0.15) is 11.8 Å². The molecule has 3 aliphatic rings. The minimum Gasteiger partial charge on any atom is -0.439 e. The molecule has 4 rings (SSSR count). The zero-order valence-corrected chi connectivity index (χ0v) is 49.5. The first kappa shape index (κ1) is 65.6. The number of hydrogen-bond donors (Lipinski definition) is 3. The van der Waals surface area contributed by atoms with Crippen LogP contribution in [-0.2, 0) is 52.5 Å². The number of aliphatic hydroxyl groups excluding tert-OH is 1. The van der Waals surface area contributed by atoms with Gasteiger partial charge in [-0.3, -0.25) is 38.5 Å². The second-order valence-corrected chi connectivity index (χ2v) is 23.2. The molecule has 0 aromatic heterocycles. The summed E-state index contributed by atoms with van der Waals surface area (Å²) in [6.45, 7) is 15.2. The molecule has 0 saturated carbocycles. The van der Waals surface area contributed by atoms with Crippen LogP contribution in [0, 0.1) is 29.6 Å². The minimum absolute atomic E-state index is 0.0516. The summed E-state index contributed by atoms with van der Waals surface area (Å²) in [6.07, 6.45) is 5.58. The van der Waals surface area contributed by atoms with Crippen molar-refractivity contribution in [1.82, 2.24) is 30.2 Å². The normalized spacial score (nSPS) is 22.8. The predicted octanol–water partition coefficient (Wildman–Crippen LogP) is 5.96. The van der Waals surface area contributed by atoms with E-state index in [1.807, 2.05) is 65.8 Å². The molecule has 0 radical (unpaired) electrons. The van der Waals surface area contributed by atoms with Gasteiger partial charge < -0.3 is 49.4 Å². The van der Waals surface area contributed by atoms with Gasteiger partial charge in [-0.1, -0.05) is 97.7 Å². The van der Waals surface area contributed by atoms with Crippen molar-refractivity contribution >= 4 is 59.1 Å². The van der Waals surface area contributed by atoms with E-state index in [2.05, 4.69) is 10.6 Å². The van der Waals surface area contributed by atoms with Crippen LogP contribution in [0.15, 0.2) is 42.5 Å². The number of carbonyl (C=O) groups excluding carboxylic acids is 8. The Bertz CT molecular complexity index is 2180. The number of ether oxygens (including phenoxy) is 4. The lowest BCUT2D eigenvalue weighted by molar-refractivity contribution is -0.149. The smallest absolute Gasteiger partial charge is 0.410 e. The number of likely N-dealkylation sites (tertiary alicyclic amines) is 2. The summed E-state index contributed by atoms with van der Waals surface area (Å²) in [5, 5.41) is 16.2. The standard InChI is InChI=1S/C58H92N6O13S/c1-14-37(6)52(46(74-11)32-49(67)63-29-22-25-42(63)54(75-12)38(7)55(70)60-39(8)53(69)40-23-18-17-19-24-40)61(9)56(71)41(35(2)3)31-43(65)51(36(4)5)62(10)58(73)77-45-27-21-16-15-20-26-44(45)76-34-48(66)59-28-30-64-50(68)33-47(78-13)57(64)72/h17-19,21,23-24,27,35-39,41-42,44-47,51-54,69H,14-16,20,22,25-26,28-34H2,1-13H3,(H,59,66)(H,60,70)/b27-21+/t37-,38+,39+,41-,42-,44?,45?,46+,47?,51-,52-,53+,54+/m0/s1. The average Bonchev–Trinajstić information content (AvgIpc) is 4.02. The topological polar surface area (TPSA) is 231 Å². The van der Waals surface area contributed by atoms with Gasteiger partial charge >= 0.3 is 6.09 Å². The van der Waals surface area contributed by atoms with Crippen LogP contribution >= 0.6 is 11.8 Å². The molecule has 2 saturated heterocycles. The van der Waals surface area contributed by atoms with Gasteiger partial charge in [0, 0.05) is 66.7 Å². The van der Waals surface area contributed by atoms with Crippen LogP contribution in [0.5, 0.6) is 0 Å². The number of amides is 7. The third-order valence-electron chi connectivity index (χ3n) is 16.1. The van der Waals surface area contributed by atoms with E-state index in [0.717, 1.165) is 24.2 Å². The molecule has 78 heavy (non-hydrogen) atoms. The molecule has 19 nitrogen and oxygen atoms in total. The van der Waals surface area contributed by atoms with Crippen LogP contribution in [0.1, 0.15) is 131 Å². The van der Waals surface area contributed by atoms with Crippen LogP contribution in [0.2, 0.25) is 0 Å². The number of likely N-dealkylation sites (N-methyl/N-ethyl adjacent to an activating group) is 2. The van der Waals surface area contributed by atoms with Gasteiger partial charge in [0.1, 0.15) is 12.7 Å². The number of nitrogens with zero attached hydrogens (tertiary/aromatic N) is 4. The molecule has 2 heterocycles. The maximum absolute atomic E-state index is 14.9. The number of methoxy groups -OCH3 is 2. The van der Waals surface area contributed by atoms with Crippen LogP contribution in [0.3, 0.4) is 0 Å². The number of allylic oxidation sites excluding steroid dienone is 1. The van der Waals surface area contributed by atoms with E-state index >= 15 is 0 Å². The SMILES string of the molecule is CC[C@H](C)[C@@H]([C@@H](CC(=O)N1CCC[C@H]1[C@H](OC)[C@@H](C)C(=O)N[C@H](C)[C@@H](O)c1ccccc1)OC)N(C)C(=O)[C@@H](CC(=O)[C@H](C(C)C)N(C)C(=O)OC1/C=C/CCCCC1OCC(=O)NCCN1C(=O)CC(SC)C1=O)C(C)C. The van der Waals surface area contributed by atoms with Crippen molar-refractivity contribution in [3.05, 3.63) is 48.0 Å². The summed E-state index contributed by atoms with van der Waals surface area (Å²) in [5.74, 6) is -4.34. The predicted molar refractivity (Wildman–Crippen MR) is 299 cm³/mol. The monoisotopic (exact) mass is 1110 g/mol. The Morgan fingerprint density at radius 1 is 0.885 bits per heavy atom.